The van der Waals surface area contributed by atoms with Crippen molar-refractivity contribution in [3.8, 4) is 5.75 Å². The molecule has 0 amide bonds. The molecule has 0 saturated carbocycles. The second-order valence-electron chi connectivity index (χ2n) is 4.72. The summed E-state index contributed by atoms with van der Waals surface area (Å²) in [6.45, 7) is 2.03. The van der Waals surface area contributed by atoms with Gasteiger partial charge in [-0.25, -0.2) is 0 Å². The molecule has 3 nitrogen and oxygen atoms in total. The van der Waals surface area contributed by atoms with Crippen LogP contribution in [0.1, 0.15) is 5.56 Å². The van der Waals surface area contributed by atoms with E-state index in [-0.39, 0.29) is 5.75 Å². The molecule has 0 atom stereocenters. The summed E-state index contributed by atoms with van der Waals surface area (Å²) in [5.41, 5.74) is 2.65. The minimum Gasteiger partial charge on any atom is -0.508 e. The van der Waals surface area contributed by atoms with Gasteiger partial charge in [0.15, 0.2) is 0 Å². The topological polar surface area (TPSA) is 45.0 Å². The van der Waals surface area contributed by atoms with Gasteiger partial charge < -0.3 is 5.11 Å². The molecular weight excluding hydrogens is 248 g/mol. The van der Waals surface area contributed by atoms with Crippen LogP contribution in [0.2, 0.25) is 0 Å². The van der Waals surface area contributed by atoms with E-state index in [1.165, 1.54) is 5.56 Å². The van der Waals surface area contributed by atoms with Gasteiger partial charge in [-0.05, 0) is 30.5 Å². The number of hydrogen-bond acceptors (Lipinski definition) is 3. The summed E-state index contributed by atoms with van der Waals surface area (Å²) in [7, 11) is 0. The highest BCUT2D eigenvalue weighted by Gasteiger charge is 2.02. The van der Waals surface area contributed by atoms with E-state index >= 15 is 0 Å². The molecule has 0 heterocycles. The van der Waals surface area contributed by atoms with Crippen molar-refractivity contribution in [2.75, 3.05) is 0 Å². The molecule has 3 aromatic carbocycles. The van der Waals surface area contributed by atoms with Crippen molar-refractivity contribution < 1.29 is 5.11 Å². The number of azo groups is 1. The first-order valence-electron chi connectivity index (χ1n) is 6.42. The van der Waals surface area contributed by atoms with Gasteiger partial charge >= 0.3 is 0 Å². The van der Waals surface area contributed by atoms with Gasteiger partial charge in [0, 0.05) is 11.5 Å². The molecule has 0 unspecified atom stereocenters. The summed E-state index contributed by atoms with van der Waals surface area (Å²) in [6.07, 6.45) is 0. The van der Waals surface area contributed by atoms with Gasteiger partial charge in [0.25, 0.3) is 0 Å². The molecule has 98 valence electrons. The third-order valence-electron chi connectivity index (χ3n) is 3.13. The molecule has 0 bridgehead atoms. The highest BCUT2D eigenvalue weighted by Crippen LogP contribution is 2.31. The zero-order chi connectivity index (χ0) is 13.9. The number of rotatable bonds is 2. The standard InChI is InChI=1S/C17H14N2O/c1-12-6-8-14(9-7-12)18-19-17-11-15(20)10-13-4-2-3-5-16(13)17/h2-11,20H,1H3. The third-order valence-corrected chi connectivity index (χ3v) is 3.13. The number of hydrogen-bond donors (Lipinski definition) is 1. The lowest BCUT2D eigenvalue weighted by molar-refractivity contribution is 0.476. The molecule has 3 rings (SSSR count). The number of fused-ring (bicyclic) bond motifs is 1. The molecule has 0 saturated heterocycles. The van der Waals surface area contributed by atoms with Crippen LogP contribution >= 0.6 is 0 Å². The Morgan fingerprint density at radius 3 is 2.40 bits per heavy atom. The van der Waals surface area contributed by atoms with E-state index in [2.05, 4.69) is 10.2 Å². The van der Waals surface area contributed by atoms with Crippen LogP contribution in [0.5, 0.6) is 5.75 Å². The van der Waals surface area contributed by atoms with Crippen LogP contribution in [-0.4, -0.2) is 5.11 Å². The molecule has 0 spiro atoms. The predicted octanol–water partition coefficient (Wildman–Crippen LogP) is 5.27. The van der Waals surface area contributed by atoms with Crippen molar-refractivity contribution in [3.63, 3.8) is 0 Å². The van der Waals surface area contributed by atoms with E-state index in [0.717, 1.165) is 16.5 Å². The van der Waals surface area contributed by atoms with Crippen LogP contribution in [0.25, 0.3) is 10.8 Å². The Morgan fingerprint density at radius 2 is 1.60 bits per heavy atom. The van der Waals surface area contributed by atoms with Gasteiger partial charge in [-0.15, -0.1) is 5.11 Å². The number of phenols is 1. The molecule has 3 aromatic rings. The fourth-order valence-corrected chi connectivity index (χ4v) is 2.08. The van der Waals surface area contributed by atoms with E-state index < -0.39 is 0 Å². The van der Waals surface area contributed by atoms with Gasteiger partial charge in [-0.1, -0.05) is 42.0 Å². The van der Waals surface area contributed by atoms with Crippen molar-refractivity contribution >= 4 is 22.1 Å². The molecule has 0 aliphatic carbocycles. The average molecular weight is 262 g/mol. The molecule has 0 aliphatic heterocycles. The Balaban J connectivity index is 2.04. The smallest absolute Gasteiger partial charge is 0.118 e. The minimum absolute atomic E-state index is 0.196. The summed E-state index contributed by atoms with van der Waals surface area (Å²) in [5.74, 6) is 0.196. The Morgan fingerprint density at radius 1 is 0.850 bits per heavy atom. The maximum atomic E-state index is 9.74. The summed E-state index contributed by atoms with van der Waals surface area (Å²) in [4.78, 5) is 0. The fraction of sp³-hybridized carbons (Fsp3) is 0.0588. The van der Waals surface area contributed by atoms with E-state index in [1.807, 2.05) is 55.5 Å². The van der Waals surface area contributed by atoms with E-state index in [9.17, 15) is 5.11 Å². The summed E-state index contributed by atoms with van der Waals surface area (Å²) < 4.78 is 0. The highest BCUT2D eigenvalue weighted by atomic mass is 16.3. The molecular formula is C17H14N2O. The first kappa shape index (κ1) is 12.4. The molecule has 0 fully saturated rings. The Hall–Kier alpha value is -2.68. The first-order valence-corrected chi connectivity index (χ1v) is 6.42. The van der Waals surface area contributed by atoms with Gasteiger partial charge in [0.2, 0.25) is 0 Å². The predicted molar refractivity (Wildman–Crippen MR) is 81.0 cm³/mol. The average Bonchev–Trinajstić information content (AvgIpc) is 2.46. The third kappa shape index (κ3) is 2.52. The van der Waals surface area contributed by atoms with Gasteiger partial charge in [0.1, 0.15) is 5.75 Å². The maximum Gasteiger partial charge on any atom is 0.118 e. The quantitative estimate of drug-likeness (QED) is 0.628. The zero-order valence-electron chi connectivity index (χ0n) is 11.1. The second kappa shape index (κ2) is 5.13. The van der Waals surface area contributed by atoms with Crippen LogP contribution in [0.4, 0.5) is 11.4 Å². The van der Waals surface area contributed by atoms with E-state index in [4.69, 9.17) is 0 Å². The second-order valence-corrected chi connectivity index (χ2v) is 4.72. The zero-order valence-corrected chi connectivity index (χ0v) is 11.1. The lowest BCUT2D eigenvalue weighted by Crippen LogP contribution is -1.74. The van der Waals surface area contributed by atoms with Gasteiger partial charge in [0.05, 0.1) is 11.4 Å². The first-order chi connectivity index (χ1) is 9.72. The molecule has 1 N–H and O–H groups in total. The Labute approximate surface area is 117 Å². The number of nitrogens with zero attached hydrogens (tertiary/aromatic N) is 2. The normalized spacial score (nSPS) is 11.2. The number of aromatic hydroxyl groups is 1. The van der Waals surface area contributed by atoms with Crippen LogP contribution in [0, 0.1) is 6.92 Å². The summed E-state index contributed by atoms with van der Waals surface area (Å²) in [6, 6.07) is 19.0. The molecule has 20 heavy (non-hydrogen) atoms. The monoisotopic (exact) mass is 262 g/mol. The number of phenolic OH excluding ortho intramolecular Hbond substituents is 1. The van der Waals surface area contributed by atoms with Crippen LogP contribution in [0.15, 0.2) is 70.9 Å². The summed E-state index contributed by atoms with van der Waals surface area (Å²) >= 11 is 0. The van der Waals surface area contributed by atoms with Crippen LogP contribution in [0.3, 0.4) is 0 Å². The largest absolute Gasteiger partial charge is 0.508 e. The van der Waals surface area contributed by atoms with Crippen LogP contribution in [-0.2, 0) is 0 Å². The maximum absolute atomic E-state index is 9.74. The van der Waals surface area contributed by atoms with E-state index in [0.29, 0.717) is 5.69 Å². The van der Waals surface area contributed by atoms with Gasteiger partial charge in [-0.3, -0.25) is 0 Å². The lowest BCUT2D eigenvalue weighted by Gasteiger charge is -2.02. The fourth-order valence-electron chi connectivity index (χ4n) is 2.08. The molecule has 3 heteroatoms. The van der Waals surface area contributed by atoms with Gasteiger partial charge in [-0.2, -0.15) is 5.11 Å². The number of benzene rings is 3. The molecule has 0 radical (unpaired) electrons. The SMILES string of the molecule is Cc1ccc(N=Nc2cc(O)cc3ccccc23)cc1. The van der Waals surface area contributed by atoms with Crippen LogP contribution < -0.4 is 0 Å². The summed E-state index contributed by atoms with van der Waals surface area (Å²) in [5, 5.41) is 20.1. The van der Waals surface area contributed by atoms with Crippen molar-refractivity contribution in [1.82, 2.24) is 0 Å². The molecule has 0 aliphatic rings. The van der Waals surface area contributed by atoms with Crippen molar-refractivity contribution in [2.45, 2.75) is 6.92 Å². The Kier molecular flexibility index (Phi) is 3.17. The van der Waals surface area contributed by atoms with Crippen molar-refractivity contribution in [3.05, 3.63) is 66.2 Å². The highest BCUT2D eigenvalue weighted by molar-refractivity contribution is 5.93. The number of aryl methyl sites for hydroxylation is 1. The van der Waals surface area contributed by atoms with Crippen molar-refractivity contribution in [2.24, 2.45) is 10.2 Å². The Bertz CT molecular complexity index is 777. The van der Waals surface area contributed by atoms with E-state index in [1.54, 1.807) is 12.1 Å². The van der Waals surface area contributed by atoms with Crippen molar-refractivity contribution in [1.29, 1.82) is 0 Å². The lowest BCUT2D eigenvalue weighted by atomic mass is 10.1. The molecule has 0 aromatic heterocycles. The minimum atomic E-state index is 0.196.